The third-order valence-corrected chi connectivity index (χ3v) is 5.49. The van der Waals surface area contributed by atoms with Crippen molar-refractivity contribution in [3.63, 3.8) is 0 Å². The number of carbonyl (C=O) groups excluding carboxylic acids is 2. The normalized spacial score (nSPS) is 13.7. The van der Waals surface area contributed by atoms with Crippen molar-refractivity contribution in [1.29, 1.82) is 0 Å². The Morgan fingerprint density at radius 2 is 1.83 bits per heavy atom. The van der Waals surface area contributed by atoms with Gasteiger partial charge in [-0.25, -0.2) is 0 Å². The van der Waals surface area contributed by atoms with Crippen LogP contribution in [0.4, 0.5) is 5.69 Å². The summed E-state index contributed by atoms with van der Waals surface area (Å²) in [6, 6.07) is 15.0. The molecule has 160 valence electrons. The topological polar surface area (TPSA) is 61.9 Å². The highest BCUT2D eigenvalue weighted by atomic mass is 16.5. The SMILES string of the molecule is CCN(CC)CCOc1ccccc1CNC(=O)c1ccc(N2CCCC2=O)cc1. The quantitative estimate of drug-likeness (QED) is 0.653. The Labute approximate surface area is 178 Å². The van der Waals surface area contributed by atoms with Crippen LogP contribution in [0.3, 0.4) is 0 Å². The number of carbonyl (C=O) groups is 2. The van der Waals surface area contributed by atoms with Gasteiger partial charge in [-0.1, -0.05) is 32.0 Å². The van der Waals surface area contributed by atoms with Crippen molar-refractivity contribution in [2.24, 2.45) is 0 Å². The molecule has 2 aromatic rings. The largest absolute Gasteiger partial charge is 0.492 e. The molecule has 0 aliphatic carbocycles. The second kappa shape index (κ2) is 10.8. The van der Waals surface area contributed by atoms with Crippen LogP contribution in [0.2, 0.25) is 0 Å². The van der Waals surface area contributed by atoms with Crippen molar-refractivity contribution in [3.05, 3.63) is 59.7 Å². The highest BCUT2D eigenvalue weighted by Crippen LogP contribution is 2.22. The minimum absolute atomic E-state index is 0.143. The summed E-state index contributed by atoms with van der Waals surface area (Å²) in [4.78, 5) is 28.5. The Kier molecular flexibility index (Phi) is 7.85. The second-order valence-electron chi connectivity index (χ2n) is 7.36. The van der Waals surface area contributed by atoms with E-state index in [9.17, 15) is 9.59 Å². The number of hydrogen-bond acceptors (Lipinski definition) is 4. The van der Waals surface area contributed by atoms with Crippen molar-refractivity contribution in [3.8, 4) is 5.75 Å². The maximum absolute atomic E-state index is 12.6. The summed E-state index contributed by atoms with van der Waals surface area (Å²) in [5, 5.41) is 2.97. The molecule has 2 amide bonds. The summed E-state index contributed by atoms with van der Waals surface area (Å²) < 4.78 is 5.96. The third-order valence-electron chi connectivity index (χ3n) is 5.49. The van der Waals surface area contributed by atoms with Gasteiger partial charge in [-0.05, 0) is 49.8 Å². The van der Waals surface area contributed by atoms with Crippen LogP contribution in [-0.2, 0) is 11.3 Å². The van der Waals surface area contributed by atoms with Crippen molar-refractivity contribution in [2.45, 2.75) is 33.2 Å². The second-order valence-corrected chi connectivity index (χ2v) is 7.36. The van der Waals surface area contributed by atoms with Gasteiger partial charge in [-0.15, -0.1) is 0 Å². The van der Waals surface area contributed by atoms with Gasteiger partial charge in [0.15, 0.2) is 0 Å². The molecular weight excluding hydrogens is 378 g/mol. The molecule has 6 heteroatoms. The lowest BCUT2D eigenvalue weighted by Gasteiger charge is -2.19. The van der Waals surface area contributed by atoms with Crippen LogP contribution in [0, 0.1) is 0 Å². The molecule has 1 aliphatic rings. The van der Waals surface area contributed by atoms with Gasteiger partial charge in [0.2, 0.25) is 5.91 Å². The highest BCUT2D eigenvalue weighted by Gasteiger charge is 2.21. The average Bonchev–Trinajstić information content (AvgIpc) is 3.21. The van der Waals surface area contributed by atoms with Gasteiger partial charge in [-0.3, -0.25) is 9.59 Å². The van der Waals surface area contributed by atoms with Crippen LogP contribution in [-0.4, -0.2) is 49.5 Å². The lowest BCUT2D eigenvalue weighted by molar-refractivity contribution is -0.117. The smallest absolute Gasteiger partial charge is 0.251 e. The molecule has 1 fully saturated rings. The number of ether oxygens (including phenoxy) is 1. The lowest BCUT2D eigenvalue weighted by atomic mass is 10.1. The van der Waals surface area contributed by atoms with E-state index in [1.165, 1.54) is 0 Å². The van der Waals surface area contributed by atoms with E-state index in [1.54, 1.807) is 17.0 Å². The van der Waals surface area contributed by atoms with Gasteiger partial charge >= 0.3 is 0 Å². The maximum atomic E-state index is 12.6. The minimum atomic E-state index is -0.146. The molecule has 1 aliphatic heterocycles. The molecule has 30 heavy (non-hydrogen) atoms. The molecule has 0 saturated carbocycles. The predicted molar refractivity (Wildman–Crippen MR) is 119 cm³/mol. The van der Waals surface area contributed by atoms with Crippen LogP contribution in [0.15, 0.2) is 48.5 Å². The first-order chi connectivity index (χ1) is 14.6. The van der Waals surface area contributed by atoms with Crippen LogP contribution in [0.1, 0.15) is 42.6 Å². The lowest BCUT2D eigenvalue weighted by Crippen LogP contribution is -2.28. The molecule has 1 saturated heterocycles. The number of nitrogens with zero attached hydrogens (tertiary/aromatic N) is 2. The molecule has 0 aromatic heterocycles. The van der Waals surface area contributed by atoms with E-state index in [4.69, 9.17) is 4.74 Å². The van der Waals surface area contributed by atoms with Crippen LogP contribution in [0.25, 0.3) is 0 Å². The first kappa shape index (κ1) is 21.8. The van der Waals surface area contributed by atoms with E-state index < -0.39 is 0 Å². The molecular formula is C24H31N3O3. The van der Waals surface area contributed by atoms with Crippen molar-refractivity contribution in [1.82, 2.24) is 10.2 Å². The fraction of sp³-hybridized carbons (Fsp3) is 0.417. The Balaban J connectivity index is 1.55. The standard InChI is InChI=1S/C24H31N3O3/c1-3-26(4-2)16-17-30-22-9-6-5-8-20(22)18-25-24(29)19-11-13-21(14-12-19)27-15-7-10-23(27)28/h5-6,8-9,11-14H,3-4,7,10,15-18H2,1-2H3,(H,25,29). The molecule has 2 aromatic carbocycles. The number of hydrogen-bond donors (Lipinski definition) is 1. The molecule has 6 nitrogen and oxygen atoms in total. The number of rotatable bonds is 10. The number of amides is 2. The van der Waals surface area contributed by atoms with Gasteiger partial charge in [0.1, 0.15) is 12.4 Å². The Bertz CT molecular complexity index is 847. The fourth-order valence-corrected chi connectivity index (χ4v) is 3.61. The zero-order valence-corrected chi connectivity index (χ0v) is 17.9. The molecule has 0 bridgehead atoms. The summed E-state index contributed by atoms with van der Waals surface area (Å²) in [5.41, 5.74) is 2.37. The van der Waals surface area contributed by atoms with Crippen LogP contribution >= 0.6 is 0 Å². The number of likely N-dealkylation sites (N-methyl/N-ethyl adjacent to an activating group) is 1. The van der Waals surface area contributed by atoms with Gasteiger partial charge in [0, 0.05) is 42.9 Å². The van der Waals surface area contributed by atoms with Crippen molar-refractivity contribution < 1.29 is 14.3 Å². The first-order valence-electron chi connectivity index (χ1n) is 10.7. The number of para-hydroxylation sites is 1. The van der Waals surface area contributed by atoms with Crippen LogP contribution in [0.5, 0.6) is 5.75 Å². The van der Waals surface area contributed by atoms with Crippen LogP contribution < -0.4 is 15.0 Å². The Hall–Kier alpha value is -2.86. The summed E-state index contributed by atoms with van der Waals surface area (Å²) >= 11 is 0. The Morgan fingerprint density at radius 1 is 1.10 bits per heavy atom. The monoisotopic (exact) mass is 409 g/mol. The fourth-order valence-electron chi connectivity index (χ4n) is 3.61. The average molecular weight is 410 g/mol. The highest BCUT2D eigenvalue weighted by molar-refractivity contribution is 5.97. The van der Waals surface area contributed by atoms with Gasteiger partial charge in [-0.2, -0.15) is 0 Å². The van der Waals surface area contributed by atoms with E-state index >= 15 is 0 Å². The molecule has 0 spiro atoms. The molecule has 0 radical (unpaired) electrons. The number of anilines is 1. The molecule has 0 atom stereocenters. The minimum Gasteiger partial charge on any atom is -0.492 e. The number of nitrogens with one attached hydrogen (secondary N) is 1. The first-order valence-corrected chi connectivity index (χ1v) is 10.7. The summed E-state index contributed by atoms with van der Waals surface area (Å²) in [6.45, 7) is 8.92. The van der Waals surface area contributed by atoms with E-state index in [0.29, 0.717) is 25.1 Å². The third kappa shape index (κ3) is 5.60. The number of benzene rings is 2. The van der Waals surface area contributed by atoms with E-state index in [-0.39, 0.29) is 11.8 Å². The Morgan fingerprint density at radius 3 is 2.50 bits per heavy atom. The summed E-state index contributed by atoms with van der Waals surface area (Å²) in [7, 11) is 0. The summed E-state index contributed by atoms with van der Waals surface area (Å²) in [5.74, 6) is 0.796. The van der Waals surface area contributed by atoms with Gasteiger partial charge < -0.3 is 19.9 Å². The molecule has 3 rings (SSSR count). The molecule has 1 heterocycles. The molecule has 1 N–H and O–H groups in total. The van der Waals surface area contributed by atoms with Crippen molar-refractivity contribution in [2.75, 3.05) is 37.7 Å². The predicted octanol–water partition coefficient (Wildman–Crippen LogP) is 3.46. The van der Waals surface area contributed by atoms with Gasteiger partial charge in [0.05, 0.1) is 0 Å². The maximum Gasteiger partial charge on any atom is 0.251 e. The van der Waals surface area contributed by atoms with Crippen molar-refractivity contribution >= 4 is 17.5 Å². The zero-order valence-electron chi connectivity index (χ0n) is 17.9. The van der Waals surface area contributed by atoms with E-state index in [2.05, 4.69) is 24.1 Å². The summed E-state index contributed by atoms with van der Waals surface area (Å²) in [6.07, 6.45) is 1.48. The van der Waals surface area contributed by atoms with E-state index in [0.717, 1.165) is 49.6 Å². The van der Waals surface area contributed by atoms with E-state index in [1.807, 2.05) is 36.4 Å². The van der Waals surface area contributed by atoms with Gasteiger partial charge in [0.25, 0.3) is 5.91 Å². The molecule has 0 unspecified atom stereocenters. The zero-order chi connectivity index (χ0) is 21.3.